The van der Waals surface area contributed by atoms with Gasteiger partial charge in [-0.05, 0) is 18.2 Å². The number of benzene rings is 1. The molecule has 0 radical (unpaired) electrons. The molecule has 0 fully saturated rings. The highest BCUT2D eigenvalue weighted by atomic mass is 16.3. The first-order valence-electron chi connectivity index (χ1n) is 3.93. The molecule has 0 unspecified atom stereocenters. The highest BCUT2D eigenvalue weighted by Crippen LogP contribution is 2.23. The van der Waals surface area contributed by atoms with Crippen LogP contribution >= 0.6 is 0 Å². The van der Waals surface area contributed by atoms with Crippen molar-refractivity contribution in [2.24, 2.45) is 0 Å². The van der Waals surface area contributed by atoms with Crippen LogP contribution in [0.4, 0.5) is 0 Å². The minimum atomic E-state index is -0.189. The van der Waals surface area contributed by atoms with E-state index in [1.165, 1.54) is 12.1 Å². The summed E-state index contributed by atoms with van der Waals surface area (Å²) in [6, 6.07) is 8.02. The number of aromatic hydroxyl groups is 1. The number of phenolic OH excluding ortho intramolecular Hbond substituents is 1. The van der Waals surface area contributed by atoms with Gasteiger partial charge in [0.05, 0.1) is 5.39 Å². The van der Waals surface area contributed by atoms with E-state index in [9.17, 15) is 5.11 Å². The van der Waals surface area contributed by atoms with E-state index in [0.29, 0.717) is 11.0 Å². The summed E-state index contributed by atoms with van der Waals surface area (Å²) in [4.78, 5) is 0. The third kappa shape index (κ3) is 1.12. The molecule has 0 saturated carbocycles. The summed E-state index contributed by atoms with van der Waals surface area (Å²) in [6.45, 7) is 0. The zero-order chi connectivity index (χ0) is 10.1. The normalized spacial score (nSPS) is 9.93. The zero-order valence-corrected chi connectivity index (χ0v) is 7.11. The lowest BCUT2D eigenvalue weighted by molar-refractivity contribution is 0.477. The molecule has 4 heteroatoms. The summed E-state index contributed by atoms with van der Waals surface area (Å²) in [7, 11) is 0. The summed E-state index contributed by atoms with van der Waals surface area (Å²) < 4.78 is 5.05. The van der Waals surface area contributed by atoms with Crippen LogP contribution in [0.25, 0.3) is 11.0 Å². The van der Waals surface area contributed by atoms with E-state index in [4.69, 9.17) is 15.1 Å². The van der Waals surface area contributed by atoms with Crippen LogP contribution < -0.4 is 5.55 Å². The van der Waals surface area contributed by atoms with Crippen LogP contribution in [0.3, 0.4) is 0 Å². The minimum absolute atomic E-state index is 0.0442. The number of rotatable bonds is 0. The summed E-state index contributed by atoms with van der Waals surface area (Å²) in [6.07, 6.45) is 0. The van der Waals surface area contributed by atoms with Crippen molar-refractivity contribution in [3.8, 4) is 11.8 Å². The predicted molar refractivity (Wildman–Crippen MR) is 48.4 cm³/mol. The zero-order valence-electron chi connectivity index (χ0n) is 7.11. The van der Waals surface area contributed by atoms with Crippen LogP contribution in [0.1, 0.15) is 5.56 Å². The van der Waals surface area contributed by atoms with Crippen molar-refractivity contribution in [1.82, 2.24) is 0 Å². The van der Waals surface area contributed by atoms with E-state index < -0.39 is 0 Å². The number of hydrogen-bond acceptors (Lipinski definition) is 4. The second kappa shape index (κ2) is 2.89. The van der Waals surface area contributed by atoms with Gasteiger partial charge in [-0.2, -0.15) is 5.26 Å². The SMILES string of the molecule is N#Cc1cc2c(O)cccc2oc1=N. The van der Waals surface area contributed by atoms with Gasteiger partial charge in [0, 0.05) is 0 Å². The Morgan fingerprint density at radius 3 is 2.93 bits per heavy atom. The molecule has 2 N–H and O–H groups in total. The van der Waals surface area contributed by atoms with Crippen LogP contribution in [-0.2, 0) is 0 Å². The van der Waals surface area contributed by atoms with Crippen molar-refractivity contribution < 1.29 is 9.52 Å². The van der Waals surface area contributed by atoms with Gasteiger partial charge in [-0.15, -0.1) is 0 Å². The Kier molecular flexibility index (Phi) is 1.72. The standard InChI is InChI=1S/C10H6N2O2/c11-5-6-4-7-8(13)2-1-3-9(7)14-10(6)12/h1-4,12-13H. The number of nitrogens with one attached hydrogen (secondary N) is 1. The van der Waals surface area contributed by atoms with E-state index in [1.807, 2.05) is 6.07 Å². The molecule has 1 heterocycles. The maximum absolute atomic E-state index is 9.45. The second-order valence-corrected chi connectivity index (χ2v) is 2.79. The van der Waals surface area contributed by atoms with E-state index in [2.05, 4.69) is 0 Å². The van der Waals surface area contributed by atoms with Gasteiger partial charge < -0.3 is 9.52 Å². The molecule has 0 atom stereocenters. The first-order valence-corrected chi connectivity index (χ1v) is 3.93. The van der Waals surface area contributed by atoms with Gasteiger partial charge in [-0.3, -0.25) is 5.41 Å². The lowest BCUT2D eigenvalue weighted by atomic mass is 10.2. The van der Waals surface area contributed by atoms with Crippen molar-refractivity contribution in [2.75, 3.05) is 0 Å². The molecule has 0 aliphatic carbocycles. The van der Waals surface area contributed by atoms with Crippen molar-refractivity contribution in [3.05, 3.63) is 35.4 Å². The molecule has 14 heavy (non-hydrogen) atoms. The molecular weight excluding hydrogens is 180 g/mol. The Balaban J connectivity index is 2.96. The molecule has 4 nitrogen and oxygen atoms in total. The molecular formula is C10H6N2O2. The van der Waals surface area contributed by atoms with Crippen LogP contribution in [0.5, 0.6) is 5.75 Å². The monoisotopic (exact) mass is 186 g/mol. The second-order valence-electron chi connectivity index (χ2n) is 2.79. The molecule has 0 amide bonds. The molecule has 2 aromatic rings. The molecule has 0 aliphatic rings. The lowest BCUT2D eigenvalue weighted by Gasteiger charge is -1.99. The average molecular weight is 186 g/mol. The van der Waals surface area contributed by atoms with Crippen LogP contribution in [-0.4, -0.2) is 5.11 Å². The average Bonchev–Trinajstić information content (AvgIpc) is 2.17. The molecule has 0 saturated heterocycles. The summed E-state index contributed by atoms with van der Waals surface area (Å²) in [5.41, 5.74) is 0.318. The Bertz CT molecular complexity index is 593. The number of nitrogens with zero attached hydrogens (tertiary/aromatic N) is 1. The number of fused-ring (bicyclic) bond motifs is 1. The van der Waals surface area contributed by atoms with E-state index in [0.717, 1.165) is 0 Å². The molecule has 0 bridgehead atoms. The first-order chi connectivity index (χ1) is 6.72. The van der Waals surface area contributed by atoms with Gasteiger partial charge in [0.2, 0.25) is 5.55 Å². The van der Waals surface area contributed by atoms with Gasteiger partial charge in [0.15, 0.2) is 0 Å². The van der Waals surface area contributed by atoms with Gasteiger partial charge >= 0.3 is 0 Å². The quantitative estimate of drug-likeness (QED) is 0.653. The van der Waals surface area contributed by atoms with E-state index >= 15 is 0 Å². The van der Waals surface area contributed by atoms with Crippen molar-refractivity contribution in [1.29, 1.82) is 10.7 Å². The van der Waals surface area contributed by atoms with Crippen LogP contribution in [0.15, 0.2) is 28.7 Å². The Morgan fingerprint density at radius 2 is 2.21 bits per heavy atom. The maximum atomic E-state index is 9.45. The molecule has 1 aromatic heterocycles. The number of nitriles is 1. The van der Waals surface area contributed by atoms with Crippen molar-refractivity contribution in [2.45, 2.75) is 0 Å². The molecule has 2 rings (SSSR count). The smallest absolute Gasteiger partial charge is 0.229 e. The van der Waals surface area contributed by atoms with Gasteiger partial charge in [-0.25, -0.2) is 0 Å². The summed E-state index contributed by atoms with van der Waals surface area (Å²) in [5.74, 6) is 0.0442. The lowest BCUT2D eigenvalue weighted by Crippen LogP contribution is -2.03. The van der Waals surface area contributed by atoms with Crippen LogP contribution in [0.2, 0.25) is 0 Å². The van der Waals surface area contributed by atoms with Crippen LogP contribution in [0, 0.1) is 16.7 Å². The molecule has 0 spiro atoms. The van der Waals surface area contributed by atoms with E-state index in [-0.39, 0.29) is 16.9 Å². The Hall–Kier alpha value is -2.28. The van der Waals surface area contributed by atoms with Crippen molar-refractivity contribution in [3.63, 3.8) is 0 Å². The third-order valence-electron chi connectivity index (χ3n) is 1.91. The van der Waals surface area contributed by atoms with Gasteiger partial charge in [-0.1, -0.05) is 6.07 Å². The minimum Gasteiger partial charge on any atom is -0.507 e. The largest absolute Gasteiger partial charge is 0.507 e. The maximum Gasteiger partial charge on any atom is 0.229 e. The fourth-order valence-corrected chi connectivity index (χ4v) is 1.22. The topological polar surface area (TPSA) is 81.0 Å². The summed E-state index contributed by atoms with van der Waals surface area (Å²) >= 11 is 0. The fraction of sp³-hybridized carbons (Fsp3) is 0. The van der Waals surface area contributed by atoms with Crippen molar-refractivity contribution >= 4 is 11.0 Å². The Labute approximate surface area is 79.2 Å². The Morgan fingerprint density at radius 1 is 1.43 bits per heavy atom. The number of hydrogen-bond donors (Lipinski definition) is 2. The molecule has 0 aliphatic heterocycles. The number of phenols is 1. The third-order valence-corrected chi connectivity index (χ3v) is 1.91. The highest BCUT2D eigenvalue weighted by molar-refractivity contribution is 5.83. The van der Waals surface area contributed by atoms with Gasteiger partial charge in [0.25, 0.3) is 0 Å². The van der Waals surface area contributed by atoms with Gasteiger partial charge in [0.1, 0.15) is 23.0 Å². The first kappa shape index (κ1) is 8.32. The predicted octanol–water partition coefficient (Wildman–Crippen LogP) is 1.49. The summed E-state index contributed by atoms with van der Waals surface area (Å²) in [5, 5.41) is 25.9. The fourth-order valence-electron chi connectivity index (χ4n) is 1.22. The highest BCUT2D eigenvalue weighted by Gasteiger charge is 2.04. The molecule has 1 aromatic carbocycles. The molecule has 68 valence electrons. The van der Waals surface area contributed by atoms with E-state index in [1.54, 1.807) is 12.1 Å².